The van der Waals surface area contributed by atoms with E-state index in [4.69, 9.17) is 0 Å². The van der Waals surface area contributed by atoms with Crippen LogP contribution in [-0.4, -0.2) is 78.0 Å². The third-order valence-corrected chi connectivity index (χ3v) is 5.01. The second kappa shape index (κ2) is 13.1. The maximum Gasteiger partial charge on any atom is 0.225 e. The van der Waals surface area contributed by atoms with Crippen LogP contribution in [0.25, 0.3) is 0 Å². The highest BCUT2D eigenvalue weighted by Crippen LogP contribution is 2.10. The lowest BCUT2D eigenvalue weighted by Gasteiger charge is -2.34. The van der Waals surface area contributed by atoms with Gasteiger partial charge in [-0.3, -0.25) is 9.79 Å². The first-order chi connectivity index (χ1) is 14.7. The Morgan fingerprint density at radius 2 is 1.77 bits per heavy atom. The van der Waals surface area contributed by atoms with Crippen molar-refractivity contribution in [3.63, 3.8) is 0 Å². The van der Waals surface area contributed by atoms with Crippen molar-refractivity contribution in [1.29, 1.82) is 0 Å². The molecule has 1 fully saturated rings. The zero-order valence-corrected chi connectivity index (χ0v) is 20.6. The smallest absolute Gasteiger partial charge is 0.225 e. The number of halogens is 1. The van der Waals surface area contributed by atoms with Crippen LogP contribution < -0.4 is 10.2 Å². The number of nitrogens with zero attached hydrogens (tertiary/aromatic N) is 6. The molecule has 31 heavy (non-hydrogen) atoms. The molecule has 2 aromatic rings. The van der Waals surface area contributed by atoms with E-state index in [1.54, 1.807) is 12.4 Å². The van der Waals surface area contributed by atoms with E-state index in [1.807, 2.05) is 43.1 Å². The van der Waals surface area contributed by atoms with Crippen LogP contribution >= 0.6 is 24.0 Å². The molecule has 2 heterocycles. The molecular weight excluding hydrogens is 505 g/mol. The lowest BCUT2D eigenvalue weighted by molar-refractivity contribution is -0.131. The van der Waals surface area contributed by atoms with Crippen LogP contribution in [0, 0.1) is 0 Å². The van der Waals surface area contributed by atoms with Crippen molar-refractivity contribution in [3.05, 3.63) is 54.4 Å². The number of aromatic nitrogens is 2. The summed E-state index contributed by atoms with van der Waals surface area (Å²) in [5, 5.41) is 3.31. The van der Waals surface area contributed by atoms with Gasteiger partial charge in [0.15, 0.2) is 5.96 Å². The standard InChI is InChI=1S/C22H31N7O.HI/c1-3-23-21(27(2)18-19-8-5-4-6-9-19)26-13-10-20(30)28-14-16-29(17-15-28)22-24-11-7-12-25-22;/h4-9,11-12H,3,10,13-18H2,1-2H3,(H,23,26);1H. The molecule has 0 aliphatic carbocycles. The number of benzene rings is 1. The monoisotopic (exact) mass is 537 g/mol. The van der Waals surface area contributed by atoms with Gasteiger partial charge in [0.05, 0.1) is 6.54 Å². The summed E-state index contributed by atoms with van der Waals surface area (Å²) in [5.74, 6) is 1.69. The molecule has 0 radical (unpaired) electrons. The minimum Gasteiger partial charge on any atom is -0.357 e. The SMILES string of the molecule is CCNC(=NCCC(=O)N1CCN(c2ncccn2)CC1)N(C)Cc1ccccc1.I. The number of aliphatic imine (C=N–C) groups is 1. The Morgan fingerprint density at radius 1 is 1.10 bits per heavy atom. The molecule has 0 atom stereocenters. The van der Waals surface area contributed by atoms with E-state index in [0.717, 1.165) is 38.1 Å². The molecule has 1 aliphatic rings. The van der Waals surface area contributed by atoms with Gasteiger partial charge in [-0.15, -0.1) is 24.0 Å². The van der Waals surface area contributed by atoms with Crippen molar-refractivity contribution >= 4 is 41.8 Å². The third kappa shape index (κ3) is 7.64. The highest BCUT2D eigenvalue weighted by molar-refractivity contribution is 14.0. The number of nitrogens with one attached hydrogen (secondary N) is 1. The number of rotatable bonds is 7. The molecule has 1 saturated heterocycles. The number of hydrogen-bond donors (Lipinski definition) is 1. The minimum absolute atomic E-state index is 0. The summed E-state index contributed by atoms with van der Waals surface area (Å²) in [5.41, 5.74) is 1.22. The van der Waals surface area contributed by atoms with E-state index in [-0.39, 0.29) is 29.9 Å². The number of hydrogen-bond acceptors (Lipinski definition) is 5. The van der Waals surface area contributed by atoms with Gasteiger partial charge >= 0.3 is 0 Å². The summed E-state index contributed by atoms with van der Waals surface area (Å²) >= 11 is 0. The van der Waals surface area contributed by atoms with Gasteiger partial charge in [0.2, 0.25) is 11.9 Å². The van der Waals surface area contributed by atoms with Crippen LogP contribution in [0.5, 0.6) is 0 Å². The number of carbonyl (C=O) groups is 1. The molecule has 0 spiro atoms. The molecule has 9 heteroatoms. The molecular formula is C22H32IN7O. The summed E-state index contributed by atoms with van der Waals surface area (Å²) in [4.78, 5) is 32.0. The van der Waals surface area contributed by atoms with Crippen LogP contribution in [0.2, 0.25) is 0 Å². The summed E-state index contributed by atoms with van der Waals surface area (Å²) in [6.45, 7) is 6.96. The van der Waals surface area contributed by atoms with Crippen LogP contribution in [0.15, 0.2) is 53.8 Å². The minimum atomic E-state index is 0. The predicted octanol–water partition coefficient (Wildman–Crippen LogP) is 2.23. The zero-order chi connectivity index (χ0) is 21.2. The van der Waals surface area contributed by atoms with Gasteiger partial charge in [-0.05, 0) is 18.6 Å². The molecule has 1 amide bonds. The lowest BCUT2D eigenvalue weighted by Crippen LogP contribution is -2.49. The molecule has 3 rings (SSSR count). The van der Waals surface area contributed by atoms with Gasteiger partial charge in [-0.2, -0.15) is 0 Å². The van der Waals surface area contributed by atoms with E-state index in [1.165, 1.54) is 5.56 Å². The lowest BCUT2D eigenvalue weighted by atomic mass is 10.2. The van der Waals surface area contributed by atoms with Crippen molar-refractivity contribution in [2.45, 2.75) is 19.9 Å². The van der Waals surface area contributed by atoms with Gasteiger partial charge < -0.3 is 20.0 Å². The quantitative estimate of drug-likeness (QED) is 0.332. The summed E-state index contributed by atoms with van der Waals surface area (Å²) in [6.07, 6.45) is 3.90. The van der Waals surface area contributed by atoms with E-state index < -0.39 is 0 Å². The van der Waals surface area contributed by atoms with E-state index in [2.05, 4.69) is 42.2 Å². The average molecular weight is 537 g/mol. The Morgan fingerprint density at radius 3 is 2.42 bits per heavy atom. The number of anilines is 1. The molecule has 1 aromatic heterocycles. The average Bonchev–Trinajstić information content (AvgIpc) is 2.79. The number of guanidine groups is 1. The fourth-order valence-electron chi connectivity index (χ4n) is 3.43. The molecule has 1 N–H and O–H groups in total. The Balaban J connectivity index is 0.00000341. The number of carbonyl (C=O) groups excluding carboxylic acids is 1. The van der Waals surface area contributed by atoms with Gasteiger partial charge in [0.1, 0.15) is 0 Å². The van der Waals surface area contributed by atoms with Gasteiger partial charge in [-0.1, -0.05) is 30.3 Å². The highest BCUT2D eigenvalue weighted by Gasteiger charge is 2.22. The Labute approximate surface area is 201 Å². The van der Waals surface area contributed by atoms with Crippen molar-refractivity contribution in [1.82, 2.24) is 25.1 Å². The maximum atomic E-state index is 12.6. The van der Waals surface area contributed by atoms with Crippen molar-refractivity contribution < 1.29 is 4.79 Å². The van der Waals surface area contributed by atoms with Crippen LogP contribution in [-0.2, 0) is 11.3 Å². The third-order valence-electron chi connectivity index (χ3n) is 5.01. The largest absolute Gasteiger partial charge is 0.357 e. The number of amides is 1. The normalized spacial score (nSPS) is 14.1. The topological polar surface area (TPSA) is 77.0 Å². The molecule has 8 nitrogen and oxygen atoms in total. The fraction of sp³-hybridized carbons (Fsp3) is 0.455. The first-order valence-corrected chi connectivity index (χ1v) is 10.5. The van der Waals surface area contributed by atoms with E-state index >= 15 is 0 Å². The van der Waals surface area contributed by atoms with Gasteiger partial charge in [-0.25, -0.2) is 9.97 Å². The molecule has 0 unspecified atom stereocenters. The second-order valence-corrected chi connectivity index (χ2v) is 7.24. The fourth-order valence-corrected chi connectivity index (χ4v) is 3.43. The molecule has 0 saturated carbocycles. The molecule has 0 bridgehead atoms. The number of piperazine rings is 1. The van der Waals surface area contributed by atoms with E-state index in [0.29, 0.717) is 26.1 Å². The van der Waals surface area contributed by atoms with Crippen molar-refractivity contribution in [3.8, 4) is 0 Å². The molecule has 1 aliphatic heterocycles. The summed E-state index contributed by atoms with van der Waals surface area (Å²) < 4.78 is 0. The van der Waals surface area contributed by atoms with Gasteiger partial charge in [0, 0.05) is 65.1 Å². The van der Waals surface area contributed by atoms with Crippen LogP contribution in [0.3, 0.4) is 0 Å². The highest BCUT2D eigenvalue weighted by atomic mass is 127. The first kappa shape index (κ1) is 24.8. The van der Waals surface area contributed by atoms with Gasteiger partial charge in [0.25, 0.3) is 0 Å². The van der Waals surface area contributed by atoms with Crippen LogP contribution in [0.1, 0.15) is 18.9 Å². The predicted molar refractivity (Wildman–Crippen MR) is 135 cm³/mol. The van der Waals surface area contributed by atoms with Crippen LogP contribution in [0.4, 0.5) is 5.95 Å². The Bertz CT molecular complexity index is 811. The van der Waals surface area contributed by atoms with E-state index in [9.17, 15) is 4.79 Å². The summed E-state index contributed by atoms with van der Waals surface area (Å²) in [6, 6.07) is 12.1. The van der Waals surface area contributed by atoms with Crippen molar-refractivity contribution in [2.24, 2.45) is 4.99 Å². The first-order valence-electron chi connectivity index (χ1n) is 10.5. The zero-order valence-electron chi connectivity index (χ0n) is 18.3. The van der Waals surface area contributed by atoms with Crippen molar-refractivity contribution in [2.75, 3.05) is 51.2 Å². The molecule has 1 aromatic carbocycles. The maximum absolute atomic E-state index is 12.6. The second-order valence-electron chi connectivity index (χ2n) is 7.24. The Hall–Kier alpha value is -2.43. The summed E-state index contributed by atoms with van der Waals surface area (Å²) in [7, 11) is 2.02. The Kier molecular flexibility index (Phi) is 10.5. The molecule has 168 valence electrons.